The molecule has 20 heavy (non-hydrogen) atoms. The zero-order valence-electron chi connectivity index (χ0n) is 10.6. The summed E-state index contributed by atoms with van der Waals surface area (Å²) in [6.07, 6.45) is 0.615. The van der Waals surface area contributed by atoms with E-state index >= 15 is 0 Å². The number of Topliss-reactive ketones (excluding diaryl/α,β-unsaturated/α-hetero) is 1. The third kappa shape index (κ3) is 2.48. The molecule has 1 atom stereocenters. The smallest absolute Gasteiger partial charge is 0.170 e. The summed E-state index contributed by atoms with van der Waals surface area (Å²) in [5, 5.41) is 0. The van der Waals surface area contributed by atoms with Gasteiger partial charge in [0.2, 0.25) is 0 Å². The molecule has 4 heteroatoms. The van der Waals surface area contributed by atoms with E-state index in [2.05, 4.69) is 15.9 Å². The maximum absolute atomic E-state index is 13.4. The summed E-state index contributed by atoms with van der Waals surface area (Å²) in [5.74, 6) is -0.00904. The SMILES string of the molecule is O=C(c1cc(F)cc(Br)c1)C1CCOc2ccccc21. The van der Waals surface area contributed by atoms with Crippen LogP contribution in [0.3, 0.4) is 0 Å². The van der Waals surface area contributed by atoms with Crippen LogP contribution in [-0.2, 0) is 0 Å². The van der Waals surface area contributed by atoms with E-state index in [9.17, 15) is 9.18 Å². The van der Waals surface area contributed by atoms with Crippen LogP contribution < -0.4 is 4.74 Å². The molecule has 3 rings (SSSR count). The molecule has 1 aliphatic rings. The number of ketones is 1. The highest BCUT2D eigenvalue weighted by Crippen LogP contribution is 2.35. The summed E-state index contributed by atoms with van der Waals surface area (Å²) < 4.78 is 19.6. The van der Waals surface area contributed by atoms with Crippen LogP contribution in [0.2, 0.25) is 0 Å². The number of rotatable bonds is 2. The van der Waals surface area contributed by atoms with Crippen LogP contribution in [0.4, 0.5) is 4.39 Å². The fraction of sp³-hybridized carbons (Fsp3) is 0.188. The quantitative estimate of drug-likeness (QED) is 0.764. The summed E-state index contributed by atoms with van der Waals surface area (Å²) in [7, 11) is 0. The highest BCUT2D eigenvalue weighted by Gasteiger charge is 2.28. The van der Waals surface area contributed by atoms with Crippen LogP contribution in [0.15, 0.2) is 46.9 Å². The predicted molar refractivity (Wildman–Crippen MR) is 77.7 cm³/mol. The van der Waals surface area contributed by atoms with E-state index in [0.717, 1.165) is 11.3 Å². The van der Waals surface area contributed by atoms with Crippen molar-refractivity contribution in [3.63, 3.8) is 0 Å². The molecule has 0 N–H and O–H groups in total. The number of para-hydroxylation sites is 1. The van der Waals surface area contributed by atoms with E-state index in [1.165, 1.54) is 12.1 Å². The van der Waals surface area contributed by atoms with Gasteiger partial charge in [0.1, 0.15) is 11.6 Å². The molecule has 0 saturated heterocycles. The number of hydrogen-bond acceptors (Lipinski definition) is 2. The van der Waals surface area contributed by atoms with Gasteiger partial charge < -0.3 is 4.74 Å². The minimum atomic E-state index is -0.414. The van der Waals surface area contributed by atoms with Crippen molar-refractivity contribution >= 4 is 21.7 Å². The third-order valence-corrected chi connectivity index (χ3v) is 3.88. The van der Waals surface area contributed by atoms with E-state index in [1.54, 1.807) is 6.07 Å². The Kier molecular flexibility index (Phi) is 3.57. The van der Waals surface area contributed by atoms with E-state index in [4.69, 9.17) is 4.74 Å². The average molecular weight is 335 g/mol. The molecule has 0 radical (unpaired) electrons. The minimum Gasteiger partial charge on any atom is -0.493 e. The van der Waals surface area contributed by atoms with Gasteiger partial charge in [0.15, 0.2) is 5.78 Å². The highest BCUT2D eigenvalue weighted by atomic mass is 79.9. The number of fused-ring (bicyclic) bond motifs is 1. The van der Waals surface area contributed by atoms with Gasteiger partial charge in [0, 0.05) is 15.6 Å². The van der Waals surface area contributed by atoms with Crippen molar-refractivity contribution in [1.29, 1.82) is 0 Å². The molecule has 0 saturated carbocycles. The second-order valence-corrected chi connectivity index (χ2v) is 5.67. The monoisotopic (exact) mass is 334 g/mol. The van der Waals surface area contributed by atoms with E-state index in [1.807, 2.05) is 24.3 Å². The maximum atomic E-state index is 13.4. The summed E-state index contributed by atoms with van der Waals surface area (Å²) in [6.45, 7) is 0.504. The Morgan fingerprint density at radius 2 is 2.05 bits per heavy atom. The largest absolute Gasteiger partial charge is 0.493 e. The lowest BCUT2D eigenvalue weighted by Gasteiger charge is -2.24. The molecule has 1 aliphatic heterocycles. The average Bonchev–Trinajstić information content (AvgIpc) is 2.45. The Labute approximate surface area is 124 Å². The van der Waals surface area contributed by atoms with Gasteiger partial charge in [-0.2, -0.15) is 0 Å². The van der Waals surface area contributed by atoms with Crippen molar-refractivity contribution < 1.29 is 13.9 Å². The first kappa shape index (κ1) is 13.3. The standard InChI is InChI=1S/C16H12BrFO2/c17-11-7-10(8-12(18)9-11)16(19)14-5-6-20-15-4-2-1-3-13(14)15/h1-4,7-9,14H,5-6H2. The molecule has 0 amide bonds. The normalized spacial score (nSPS) is 17.2. The molecule has 0 bridgehead atoms. The van der Waals surface area contributed by atoms with Gasteiger partial charge in [-0.1, -0.05) is 34.1 Å². The molecule has 2 nitrogen and oxygen atoms in total. The molecule has 1 unspecified atom stereocenters. The summed E-state index contributed by atoms with van der Waals surface area (Å²) in [4.78, 5) is 12.6. The summed E-state index contributed by atoms with van der Waals surface area (Å²) >= 11 is 3.22. The lowest BCUT2D eigenvalue weighted by molar-refractivity contribution is 0.0932. The van der Waals surface area contributed by atoms with Gasteiger partial charge in [-0.05, 0) is 30.7 Å². The number of ether oxygens (including phenoxy) is 1. The lowest BCUT2D eigenvalue weighted by Crippen LogP contribution is -2.21. The van der Waals surface area contributed by atoms with Crippen molar-refractivity contribution in [2.45, 2.75) is 12.3 Å². The maximum Gasteiger partial charge on any atom is 0.170 e. The van der Waals surface area contributed by atoms with Crippen LogP contribution in [-0.4, -0.2) is 12.4 Å². The lowest BCUT2D eigenvalue weighted by atomic mass is 9.86. The van der Waals surface area contributed by atoms with Gasteiger partial charge >= 0.3 is 0 Å². The van der Waals surface area contributed by atoms with Crippen LogP contribution in [0, 0.1) is 5.82 Å². The van der Waals surface area contributed by atoms with Crippen molar-refractivity contribution in [2.75, 3.05) is 6.61 Å². The number of benzene rings is 2. The molecule has 0 spiro atoms. The summed E-state index contributed by atoms with van der Waals surface area (Å²) in [6, 6.07) is 11.8. The number of halogens is 2. The fourth-order valence-corrected chi connectivity index (χ4v) is 2.98. The number of carbonyl (C=O) groups excluding carboxylic acids is 1. The Morgan fingerprint density at radius 3 is 2.85 bits per heavy atom. The Balaban J connectivity index is 1.99. The fourth-order valence-electron chi connectivity index (χ4n) is 2.51. The minimum absolute atomic E-state index is 0.0686. The third-order valence-electron chi connectivity index (χ3n) is 3.42. The van der Waals surface area contributed by atoms with Crippen LogP contribution in [0.5, 0.6) is 5.75 Å². The zero-order valence-corrected chi connectivity index (χ0v) is 12.2. The molecular weight excluding hydrogens is 323 g/mol. The predicted octanol–water partition coefficient (Wildman–Crippen LogP) is 4.34. The highest BCUT2D eigenvalue weighted by molar-refractivity contribution is 9.10. The van der Waals surface area contributed by atoms with Gasteiger partial charge in [-0.3, -0.25) is 4.79 Å². The van der Waals surface area contributed by atoms with Crippen molar-refractivity contribution in [3.8, 4) is 5.75 Å². The first-order chi connectivity index (χ1) is 9.65. The Morgan fingerprint density at radius 1 is 1.25 bits per heavy atom. The molecular formula is C16H12BrFO2. The Bertz CT molecular complexity index is 649. The Hall–Kier alpha value is -1.68. The molecule has 0 aromatic heterocycles. The molecule has 0 aliphatic carbocycles. The van der Waals surface area contributed by atoms with E-state index in [0.29, 0.717) is 23.1 Å². The van der Waals surface area contributed by atoms with Gasteiger partial charge in [-0.25, -0.2) is 4.39 Å². The van der Waals surface area contributed by atoms with Crippen molar-refractivity contribution in [1.82, 2.24) is 0 Å². The van der Waals surface area contributed by atoms with Gasteiger partial charge in [0.05, 0.1) is 12.5 Å². The number of carbonyl (C=O) groups is 1. The number of hydrogen-bond donors (Lipinski definition) is 0. The van der Waals surface area contributed by atoms with E-state index < -0.39 is 5.82 Å². The van der Waals surface area contributed by atoms with Crippen LogP contribution in [0.1, 0.15) is 28.3 Å². The zero-order chi connectivity index (χ0) is 14.1. The summed E-state index contributed by atoms with van der Waals surface area (Å²) in [5.41, 5.74) is 1.27. The first-order valence-corrected chi connectivity index (χ1v) is 7.16. The van der Waals surface area contributed by atoms with Gasteiger partial charge in [-0.15, -0.1) is 0 Å². The second kappa shape index (κ2) is 5.37. The van der Waals surface area contributed by atoms with Crippen LogP contribution in [0.25, 0.3) is 0 Å². The second-order valence-electron chi connectivity index (χ2n) is 4.75. The molecule has 2 aromatic rings. The van der Waals surface area contributed by atoms with Crippen molar-refractivity contribution in [2.24, 2.45) is 0 Å². The topological polar surface area (TPSA) is 26.3 Å². The molecule has 0 fully saturated rings. The van der Waals surface area contributed by atoms with Crippen LogP contribution >= 0.6 is 15.9 Å². The molecule has 102 valence electrons. The van der Waals surface area contributed by atoms with E-state index in [-0.39, 0.29) is 11.7 Å². The van der Waals surface area contributed by atoms with Gasteiger partial charge in [0.25, 0.3) is 0 Å². The molecule has 1 heterocycles. The van der Waals surface area contributed by atoms with Crippen molar-refractivity contribution in [3.05, 3.63) is 63.9 Å². The molecule has 2 aromatic carbocycles. The first-order valence-electron chi connectivity index (χ1n) is 6.37.